The molecule has 1 aliphatic rings. The van der Waals surface area contributed by atoms with Crippen LogP contribution in [-0.2, 0) is 0 Å². The maximum absolute atomic E-state index is 9.77. The molecule has 0 aromatic heterocycles. The summed E-state index contributed by atoms with van der Waals surface area (Å²) >= 11 is 2.03. The number of hydrogen-bond acceptors (Lipinski definition) is 3. The Bertz CT molecular complexity index is 352. The number of benzene rings is 1. The van der Waals surface area contributed by atoms with Gasteiger partial charge in [0.1, 0.15) is 0 Å². The Kier molecular flexibility index (Phi) is 4.35. The molecule has 1 aromatic carbocycles. The summed E-state index contributed by atoms with van der Waals surface area (Å²) in [5.74, 6) is 2.42. The standard InChI is InChI=1S/C14H21NOS/c1-3-14(16)12-4-6-13(7-5-12)15-8-9-17-10-11(15)2/h4-7,11,14,16H,3,8-10H2,1-2H3/t11?,14-/m1/s1. The molecular weight excluding hydrogens is 230 g/mol. The van der Waals surface area contributed by atoms with Gasteiger partial charge in [0, 0.05) is 29.8 Å². The van der Waals surface area contributed by atoms with Crippen molar-refractivity contribution in [3.63, 3.8) is 0 Å². The Morgan fingerprint density at radius 3 is 2.71 bits per heavy atom. The Balaban J connectivity index is 2.11. The normalized spacial score (nSPS) is 22.5. The molecule has 0 spiro atoms. The minimum absolute atomic E-state index is 0.321. The highest BCUT2D eigenvalue weighted by atomic mass is 32.2. The molecule has 0 radical (unpaired) electrons. The smallest absolute Gasteiger partial charge is 0.0787 e. The highest BCUT2D eigenvalue weighted by Crippen LogP contribution is 2.26. The topological polar surface area (TPSA) is 23.5 Å². The Morgan fingerprint density at radius 2 is 2.12 bits per heavy atom. The van der Waals surface area contributed by atoms with Gasteiger partial charge < -0.3 is 10.0 Å². The van der Waals surface area contributed by atoms with Crippen LogP contribution in [0, 0.1) is 0 Å². The van der Waals surface area contributed by atoms with E-state index < -0.39 is 0 Å². The largest absolute Gasteiger partial charge is 0.388 e. The highest BCUT2D eigenvalue weighted by Gasteiger charge is 2.18. The number of anilines is 1. The lowest BCUT2D eigenvalue weighted by molar-refractivity contribution is 0.173. The predicted molar refractivity (Wildman–Crippen MR) is 75.8 cm³/mol. The maximum Gasteiger partial charge on any atom is 0.0787 e. The van der Waals surface area contributed by atoms with Crippen molar-refractivity contribution in [2.24, 2.45) is 0 Å². The van der Waals surface area contributed by atoms with E-state index >= 15 is 0 Å². The molecule has 1 N–H and O–H groups in total. The molecule has 0 saturated carbocycles. The van der Waals surface area contributed by atoms with Crippen molar-refractivity contribution in [3.8, 4) is 0 Å². The van der Waals surface area contributed by atoms with Crippen molar-refractivity contribution in [3.05, 3.63) is 29.8 Å². The Morgan fingerprint density at radius 1 is 1.41 bits per heavy atom. The van der Waals surface area contributed by atoms with Gasteiger partial charge >= 0.3 is 0 Å². The van der Waals surface area contributed by atoms with Gasteiger partial charge in [0.05, 0.1) is 6.10 Å². The van der Waals surface area contributed by atoms with E-state index in [2.05, 4.69) is 36.1 Å². The van der Waals surface area contributed by atoms with Crippen LogP contribution in [0.25, 0.3) is 0 Å². The molecule has 0 aliphatic carbocycles. The van der Waals surface area contributed by atoms with Crippen LogP contribution >= 0.6 is 11.8 Å². The van der Waals surface area contributed by atoms with Crippen LogP contribution in [0.2, 0.25) is 0 Å². The molecule has 3 heteroatoms. The van der Waals surface area contributed by atoms with E-state index in [1.165, 1.54) is 17.2 Å². The molecule has 17 heavy (non-hydrogen) atoms. The van der Waals surface area contributed by atoms with Crippen LogP contribution in [0.15, 0.2) is 24.3 Å². The van der Waals surface area contributed by atoms with Crippen LogP contribution in [0.4, 0.5) is 5.69 Å². The molecule has 0 bridgehead atoms. The fourth-order valence-corrected chi connectivity index (χ4v) is 3.25. The first kappa shape index (κ1) is 12.8. The minimum Gasteiger partial charge on any atom is -0.388 e. The molecule has 0 amide bonds. The van der Waals surface area contributed by atoms with Crippen LogP contribution < -0.4 is 4.90 Å². The van der Waals surface area contributed by atoms with Gasteiger partial charge in [-0.05, 0) is 31.0 Å². The van der Waals surface area contributed by atoms with E-state index in [0.717, 1.165) is 18.5 Å². The van der Waals surface area contributed by atoms with Crippen LogP contribution in [-0.4, -0.2) is 29.2 Å². The molecule has 2 nitrogen and oxygen atoms in total. The average molecular weight is 251 g/mol. The third-order valence-electron chi connectivity index (χ3n) is 3.36. The average Bonchev–Trinajstić information content (AvgIpc) is 2.39. The summed E-state index contributed by atoms with van der Waals surface area (Å²) in [6.45, 7) is 5.41. The van der Waals surface area contributed by atoms with E-state index in [4.69, 9.17) is 0 Å². The van der Waals surface area contributed by atoms with Gasteiger partial charge in [0.25, 0.3) is 0 Å². The summed E-state index contributed by atoms with van der Waals surface area (Å²) < 4.78 is 0. The summed E-state index contributed by atoms with van der Waals surface area (Å²) in [6.07, 6.45) is 0.453. The number of aliphatic hydroxyl groups is 1. The van der Waals surface area contributed by atoms with Crippen molar-refractivity contribution < 1.29 is 5.11 Å². The van der Waals surface area contributed by atoms with Crippen LogP contribution in [0.1, 0.15) is 31.9 Å². The van der Waals surface area contributed by atoms with Crippen LogP contribution in [0.3, 0.4) is 0 Å². The fraction of sp³-hybridized carbons (Fsp3) is 0.571. The summed E-state index contributed by atoms with van der Waals surface area (Å²) in [5.41, 5.74) is 2.31. The van der Waals surface area contributed by atoms with E-state index in [1.807, 2.05) is 18.7 Å². The lowest BCUT2D eigenvalue weighted by Crippen LogP contribution is -2.40. The second kappa shape index (κ2) is 5.78. The predicted octanol–water partition coefficient (Wildman–Crippen LogP) is 3.07. The van der Waals surface area contributed by atoms with Crippen molar-refractivity contribution in [2.45, 2.75) is 32.4 Å². The van der Waals surface area contributed by atoms with Crippen molar-refractivity contribution in [2.75, 3.05) is 23.0 Å². The van der Waals surface area contributed by atoms with E-state index in [1.54, 1.807) is 0 Å². The molecule has 1 saturated heterocycles. The quantitative estimate of drug-likeness (QED) is 0.893. The summed E-state index contributed by atoms with van der Waals surface area (Å²) in [6, 6.07) is 8.99. The van der Waals surface area contributed by atoms with Gasteiger partial charge in [0.15, 0.2) is 0 Å². The third-order valence-corrected chi connectivity index (χ3v) is 4.55. The SMILES string of the molecule is CC[C@@H](O)c1ccc(N2CCSCC2C)cc1. The summed E-state index contributed by atoms with van der Waals surface area (Å²) in [7, 11) is 0. The Hall–Kier alpha value is -0.670. The number of rotatable bonds is 3. The number of nitrogens with zero attached hydrogens (tertiary/aromatic N) is 1. The maximum atomic E-state index is 9.77. The molecule has 94 valence electrons. The molecule has 1 aromatic rings. The molecule has 1 fully saturated rings. The number of hydrogen-bond donors (Lipinski definition) is 1. The number of aliphatic hydroxyl groups excluding tert-OH is 1. The summed E-state index contributed by atoms with van der Waals surface area (Å²) in [5, 5.41) is 9.77. The van der Waals surface area contributed by atoms with Gasteiger partial charge in [0.2, 0.25) is 0 Å². The fourth-order valence-electron chi connectivity index (χ4n) is 2.23. The van der Waals surface area contributed by atoms with E-state index in [-0.39, 0.29) is 6.10 Å². The first-order valence-corrected chi connectivity index (χ1v) is 7.50. The second-order valence-corrected chi connectivity index (χ2v) is 5.78. The lowest BCUT2D eigenvalue weighted by Gasteiger charge is -2.35. The first-order chi connectivity index (χ1) is 8.22. The molecule has 1 aliphatic heterocycles. The van der Waals surface area contributed by atoms with Gasteiger partial charge in [-0.3, -0.25) is 0 Å². The van der Waals surface area contributed by atoms with Gasteiger partial charge in [-0.1, -0.05) is 19.1 Å². The zero-order chi connectivity index (χ0) is 12.3. The van der Waals surface area contributed by atoms with Gasteiger partial charge in [-0.25, -0.2) is 0 Å². The van der Waals surface area contributed by atoms with Crippen molar-refractivity contribution in [1.29, 1.82) is 0 Å². The van der Waals surface area contributed by atoms with Crippen LogP contribution in [0.5, 0.6) is 0 Å². The molecule has 1 heterocycles. The van der Waals surface area contributed by atoms with Crippen molar-refractivity contribution in [1.82, 2.24) is 0 Å². The van der Waals surface area contributed by atoms with Gasteiger partial charge in [-0.2, -0.15) is 11.8 Å². The van der Waals surface area contributed by atoms with Gasteiger partial charge in [-0.15, -0.1) is 0 Å². The zero-order valence-electron chi connectivity index (χ0n) is 10.6. The summed E-state index contributed by atoms with van der Waals surface area (Å²) in [4.78, 5) is 2.46. The monoisotopic (exact) mass is 251 g/mol. The van der Waals surface area contributed by atoms with E-state index in [9.17, 15) is 5.11 Å². The molecular formula is C14H21NOS. The third kappa shape index (κ3) is 2.96. The molecule has 2 rings (SSSR count). The van der Waals surface area contributed by atoms with Crippen molar-refractivity contribution >= 4 is 17.4 Å². The highest BCUT2D eigenvalue weighted by molar-refractivity contribution is 7.99. The number of thioether (sulfide) groups is 1. The molecule has 1 unspecified atom stereocenters. The lowest BCUT2D eigenvalue weighted by atomic mass is 10.1. The molecule has 2 atom stereocenters. The first-order valence-electron chi connectivity index (χ1n) is 6.34. The Labute approximate surface area is 108 Å². The van der Waals surface area contributed by atoms with E-state index in [0.29, 0.717) is 6.04 Å². The zero-order valence-corrected chi connectivity index (χ0v) is 11.4. The second-order valence-electron chi connectivity index (χ2n) is 4.63. The minimum atomic E-state index is -0.321.